The summed E-state index contributed by atoms with van der Waals surface area (Å²) >= 11 is 0. The zero-order chi connectivity index (χ0) is 8.53. The molecule has 0 atom stereocenters. The fraction of sp³-hybridized carbons (Fsp3) is 1.00. The van der Waals surface area contributed by atoms with Gasteiger partial charge < -0.3 is 10.2 Å². The molecule has 0 aromatic heterocycles. The molecule has 0 saturated carbocycles. The van der Waals surface area contributed by atoms with E-state index in [0.717, 1.165) is 26.2 Å². The minimum absolute atomic E-state index is 0.266. The number of alkyl halides is 1. The summed E-state index contributed by atoms with van der Waals surface area (Å²) in [7, 11) is 0. The number of rotatable bonds is 7. The SMILES string of the molecule is CCN(CC)CCNCCF. The van der Waals surface area contributed by atoms with Crippen molar-refractivity contribution < 1.29 is 4.39 Å². The van der Waals surface area contributed by atoms with E-state index in [1.54, 1.807) is 0 Å². The Bertz CT molecular complexity index is 74.5. The van der Waals surface area contributed by atoms with E-state index in [1.807, 2.05) is 0 Å². The molecule has 0 aromatic carbocycles. The Hall–Kier alpha value is -0.150. The summed E-state index contributed by atoms with van der Waals surface area (Å²) in [5.41, 5.74) is 0. The van der Waals surface area contributed by atoms with Gasteiger partial charge in [-0.15, -0.1) is 0 Å². The van der Waals surface area contributed by atoms with Gasteiger partial charge in [-0.05, 0) is 13.1 Å². The molecule has 0 bridgehead atoms. The van der Waals surface area contributed by atoms with Crippen molar-refractivity contribution in [3.8, 4) is 0 Å². The van der Waals surface area contributed by atoms with E-state index in [4.69, 9.17) is 0 Å². The third kappa shape index (κ3) is 6.26. The summed E-state index contributed by atoms with van der Waals surface area (Å²) in [4.78, 5) is 2.31. The summed E-state index contributed by atoms with van der Waals surface area (Å²) in [5.74, 6) is 0. The summed E-state index contributed by atoms with van der Waals surface area (Å²) in [6.45, 7) is 8.57. The number of hydrogen-bond donors (Lipinski definition) is 1. The molecule has 0 aromatic rings. The Morgan fingerprint density at radius 3 is 2.27 bits per heavy atom. The van der Waals surface area contributed by atoms with E-state index in [9.17, 15) is 4.39 Å². The Balaban J connectivity index is 3.07. The fourth-order valence-corrected chi connectivity index (χ4v) is 0.969. The first-order valence-electron chi connectivity index (χ1n) is 4.34. The average Bonchev–Trinajstić information content (AvgIpc) is 2.05. The third-order valence-corrected chi connectivity index (χ3v) is 1.77. The maximum absolute atomic E-state index is 11.6. The van der Waals surface area contributed by atoms with Crippen LogP contribution >= 0.6 is 0 Å². The lowest BCUT2D eigenvalue weighted by Gasteiger charge is -2.17. The standard InChI is InChI=1S/C8H19FN2/c1-3-11(4-2)8-7-10-6-5-9/h10H,3-8H2,1-2H3. The van der Waals surface area contributed by atoms with Crippen molar-refractivity contribution in [2.24, 2.45) is 0 Å². The summed E-state index contributed by atoms with van der Waals surface area (Å²) in [6.07, 6.45) is 0. The van der Waals surface area contributed by atoms with Gasteiger partial charge in [0.05, 0.1) is 0 Å². The highest BCUT2D eigenvalue weighted by Gasteiger charge is 1.96. The zero-order valence-electron chi connectivity index (χ0n) is 7.57. The van der Waals surface area contributed by atoms with E-state index in [1.165, 1.54) is 0 Å². The van der Waals surface area contributed by atoms with Gasteiger partial charge in [0, 0.05) is 19.6 Å². The first kappa shape index (κ1) is 10.8. The minimum atomic E-state index is -0.266. The van der Waals surface area contributed by atoms with E-state index in [-0.39, 0.29) is 6.67 Å². The first-order chi connectivity index (χ1) is 5.35. The van der Waals surface area contributed by atoms with Crippen LogP contribution in [-0.2, 0) is 0 Å². The smallest absolute Gasteiger partial charge is 0.102 e. The Kier molecular flexibility index (Phi) is 7.84. The molecule has 68 valence electrons. The molecule has 0 unspecified atom stereocenters. The molecule has 1 N–H and O–H groups in total. The molecule has 0 radical (unpaired) electrons. The maximum atomic E-state index is 11.6. The van der Waals surface area contributed by atoms with Crippen molar-refractivity contribution in [1.82, 2.24) is 10.2 Å². The third-order valence-electron chi connectivity index (χ3n) is 1.77. The second-order valence-corrected chi connectivity index (χ2v) is 2.47. The summed E-state index contributed by atoms with van der Waals surface area (Å²) in [5, 5.41) is 3.02. The molecule has 0 rings (SSSR count). The first-order valence-corrected chi connectivity index (χ1v) is 4.34. The van der Waals surface area contributed by atoms with Gasteiger partial charge in [0.25, 0.3) is 0 Å². The molecular formula is C8H19FN2. The van der Waals surface area contributed by atoms with Crippen LogP contribution in [-0.4, -0.2) is 44.3 Å². The highest BCUT2D eigenvalue weighted by Crippen LogP contribution is 1.83. The molecule has 0 aliphatic carbocycles. The normalized spacial score (nSPS) is 10.9. The van der Waals surface area contributed by atoms with Gasteiger partial charge in [0.15, 0.2) is 0 Å². The van der Waals surface area contributed by atoms with Gasteiger partial charge in [-0.25, -0.2) is 4.39 Å². The van der Waals surface area contributed by atoms with Crippen molar-refractivity contribution in [1.29, 1.82) is 0 Å². The van der Waals surface area contributed by atoms with Gasteiger partial charge in [-0.1, -0.05) is 13.8 Å². The molecule has 11 heavy (non-hydrogen) atoms. The van der Waals surface area contributed by atoms with Crippen molar-refractivity contribution >= 4 is 0 Å². The van der Waals surface area contributed by atoms with E-state index in [0.29, 0.717) is 6.54 Å². The predicted molar refractivity (Wildman–Crippen MR) is 46.6 cm³/mol. The second kappa shape index (κ2) is 7.95. The largest absolute Gasteiger partial charge is 0.313 e. The predicted octanol–water partition coefficient (Wildman–Crippen LogP) is 0.887. The number of halogens is 1. The highest BCUT2D eigenvalue weighted by molar-refractivity contribution is 4.54. The van der Waals surface area contributed by atoms with Crippen LogP contribution in [0.5, 0.6) is 0 Å². The number of hydrogen-bond acceptors (Lipinski definition) is 2. The van der Waals surface area contributed by atoms with Crippen LogP contribution in [0.25, 0.3) is 0 Å². The quantitative estimate of drug-likeness (QED) is 0.559. The van der Waals surface area contributed by atoms with Crippen molar-refractivity contribution in [2.75, 3.05) is 39.4 Å². The minimum Gasteiger partial charge on any atom is -0.313 e. The van der Waals surface area contributed by atoms with E-state index < -0.39 is 0 Å². The molecule has 3 heteroatoms. The zero-order valence-corrected chi connectivity index (χ0v) is 7.57. The second-order valence-electron chi connectivity index (χ2n) is 2.47. The maximum Gasteiger partial charge on any atom is 0.102 e. The molecule has 0 amide bonds. The Labute approximate surface area is 68.8 Å². The van der Waals surface area contributed by atoms with Gasteiger partial charge in [0.2, 0.25) is 0 Å². The van der Waals surface area contributed by atoms with Crippen LogP contribution in [0.15, 0.2) is 0 Å². The molecule has 0 saturated heterocycles. The van der Waals surface area contributed by atoms with Crippen LogP contribution in [0.4, 0.5) is 4.39 Å². The van der Waals surface area contributed by atoms with Gasteiger partial charge in [0.1, 0.15) is 6.67 Å². The van der Waals surface area contributed by atoms with Crippen molar-refractivity contribution in [3.05, 3.63) is 0 Å². The molecule has 0 spiro atoms. The monoisotopic (exact) mass is 162 g/mol. The number of nitrogens with one attached hydrogen (secondary N) is 1. The molecule has 0 fully saturated rings. The van der Waals surface area contributed by atoms with Crippen LogP contribution < -0.4 is 5.32 Å². The molecule has 2 nitrogen and oxygen atoms in total. The average molecular weight is 162 g/mol. The molecule has 0 aliphatic heterocycles. The topological polar surface area (TPSA) is 15.3 Å². The van der Waals surface area contributed by atoms with Crippen LogP contribution in [0, 0.1) is 0 Å². The summed E-state index contributed by atoms with van der Waals surface area (Å²) < 4.78 is 11.6. The van der Waals surface area contributed by atoms with Crippen LogP contribution in [0.3, 0.4) is 0 Å². The highest BCUT2D eigenvalue weighted by atomic mass is 19.1. The van der Waals surface area contributed by atoms with Gasteiger partial charge in [-0.2, -0.15) is 0 Å². The lowest BCUT2D eigenvalue weighted by atomic mass is 10.4. The lowest BCUT2D eigenvalue weighted by molar-refractivity contribution is 0.300. The molecule has 0 aliphatic rings. The summed E-state index contributed by atoms with van der Waals surface area (Å²) in [6, 6.07) is 0. The van der Waals surface area contributed by atoms with Crippen molar-refractivity contribution in [2.45, 2.75) is 13.8 Å². The van der Waals surface area contributed by atoms with Crippen molar-refractivity contribution in [3.63, 3.8) is 0 Å². The number of likely N-dealkylation sites (N-methyl/N-ethyl adjacent to an activating group) is 1. The Morgan fingerprint density at radius 1 is 1.18 bits per heavy atom. The van der Waals surface area contributed by atoms with Gasteiger partial charge >= 0.3 is 0 Å². The fourth-order valence-electron chi connectivity index (χ4n) is 0.969. The van der Waals surface area contributed by atoms with Gasteiger partial charge in [-0.3, -0.25) is 0 Å². The van der Waals surface area contributed by atoms with E-state index >= 15 is 0 Å². The molecular weight excluding hydrogens is 143 g/mol. The molecule has 0 heterocycles. The van der Waals surface area contributed by atoms with E-state index in [2.05, 4.69) is 24.1 Å². The Morgan fingerprint density at radius 2 is 1.82 bits per heavy atom. The number of nitrogens with zero attached hydrogens (tertiary/aromatic N) is 1. The lowest BCUT2D eigenvalue weighted by Crippen LogP contribution is -2.32. The van der Waals surface area contributed by atoms with Crippen LogP contribution in [0.2, 0.25) is 0 Å². The van der Waals surface area contributed by atoms with Crippen LogP contribution in [0.1, 0.15) is 13.8 Å².